The number of fused-ring (bicyclic) bond motifs is 1. The number of carbonyl (C=O) groups is 4. The SMILES string of the molecule is O=CCCCC(=O)NN1C(=O)c2cccc(F)c2C1=O. The van der Waals surface area contributed by atoms with Gasteiger partial charge in [-0.05, 0) is 18.6 Å². The van der Waals surface area contributed by atoms with Crippen molar-refractivity contribution in [2.75, 3.05) is 0 Å². The van der Waals surface area contributed by atoms with Crippen LogP contribution in [-0.4, -0.2) is 29.0 Å². The van der Waals surface area contributed by atoms with Crippen LogP contribution in [0.4, 0.5) is 4.39 Å². The fourth-order valence-corrected chi connectivity index (χ4v) is 1.87. The van der Waals surface area contributed by atoms with E-state index in [1.807, 2.05) is 0 Å². The molecular formula is C13H11FN2O4. The molecule has 2 rings (SSSR count). The molecule has 20 heavy (non-hydrogen) atoms. The number of carbonyl (C=O) groups excluding carboxylic acids is 4. The summed E-state index contributed by atoms with van der Waals surface area (Å²) in [6.45, 7) is 0. The predicted octanol–water partition coefficient (Wildman–Crippen LogP) is 0.822. The molecule has 0 saturated heterocycles. The molecule has 1 heterocycles. The van der Waals surface area contributed by atoms with Crippen LogP contribution >= 0.6 is 0 Å². The van der Waals surface area contributed by atoms with Crippen molar-refractivity contribution in [2.24, 2.45) is 0 Å². The number of hydrogen-bond acceptors (Lipinski definition) is 4. The first-order valence-electron chi connectivity index (χ1n) is 5.96. The number of benzene rings is 1. The van der Waals surface area contributed by atoms with E-state index in [0.29, 0.717) is 17.7 Å². The Labute approximate surface area is 113 Å². The van der Waals surface area contributed by atoms with Gasteiger partial charge in [0, 0.05) is 12.8 Å². The van der Waals surface area contributed by atoms with Crippen LogP contribution in [0.1, 0.15) is 40.0 Å². The number of nitrogens with zero attached hydrogens (tertiary/aromatic N) is 1. The van der Waals surface area contributed by atoms with Gasteiger partial charge in [-0.25, -0.2) is 4.39 Å². The summed E-state index contributed by atoms with van der Waals surface area (Å²) in [7, 11) is 0. The lowest BCUT2D eigenvalue weighted by Crippen LogP contribution is -2.45. The monoisotopic (exact) mass is 278 g/mol. The van der Waals surface area contributed by atoms with Crippen molar-refractivity contribution in [1.82, 2.24) is 10.4 Å². The van der Waals surface area contributed by atoms with Crippen molar-refractivity contribution in [3.63, 3.8) is 0 Å². The van der Waals surface area contributed by atoms with Crippen LogP contribution < -0.4 is 5.43 Å². The van der Waals surface area contributed by atoms with E-state index in [1.54, 1.807) is 0 Å². The van der Waals surface area contributed by atoms with Gasteiger partial charge in [-0.3, -0.25) is 19.8 Å². The molecular weight excluding hydrogens is 267 g/mol. The summed E-state index contributed by atoms with van der Waals surface area (Å²) < 4.78 is 13.5. The van der Waals surface area contributed by atoms with Crippen LogP contribution in [0.3, 0.4) is 0 Å². The fraction of sp³-hybridized carbons (Fsp3) is 0.231. The number of nitrogens with one attached hydrogen (secondary N) is 1. The zero-order valence-electron chi connectivity index (χ0n) is 10.4. The molecule has 0 saturated carbocycles. The minimum Gasteiger partial charge on any atom is -0.303 e. The Morgan fingerprint density at radius 2 is 2.05 bits per heavy atom. The lowest BCUT2D eigenvalue weighted by atomic mass is 10.1. The van der Waals surface area contributed by atoms with Gasteiger partial charge in [-0.2, -0.15) is 5.01 Å². The summed E-state index contributed by atoms with van der Waals surface area (Å²) in [5, 5.41) is 0.497. The van der Waals surface area contributed by atoms with Gasteiger partial charge >= 0.3 is 0 Å². The molecule has 0 fully saturated rings. The summed E-state index contributed by atoms with van der Waals surface area (Å²) >= 11 is 0. The van der Waals surface area contributed by atoms with E-state index in [1.165, 1.54) is 12.1 Å². The first kappa shape index (κ1) is 13.9. The number of hydrogen-bond donors (Lipinski definition) is 1. The van der Waals surface area contributed by atoms with Crippen molar-refractivity contribution in [3.8, 4) is 0 Å². The van der Waals surface area contributed by atoms with Crippen LogP contribution in [0.5, 0.6) is 0 Å². The maximum absolute atomic E-state index is 13.5. The number of unbranched alkanes of at least 4 members (excludes halogenated alkanes) is 1. The van der Waals surface area contributed by atoms with Crippen molar-refractivity contribution < 1.29 is 23.6 Å². The van der Waals surface area contributed by atoms with E-state index >= 15 is 0 Å². The third-order valence-electron chi connectivity index (χ3n) is 2.83. The van der Waals surface area contributed by atoms with Crippen LogP contribution in [0, 0.1) is 5.82 Å². The van der Waals surface area contributed by atoms with E-state index < -0.39 is 23.5 Å². The predicted molar refractivity (Wildman–Crippen MR) is 65.0 cm³/mol. The second-order valence-corrected chi connectivity index (χ2v) is 4.20. The van der Waals surface area contributed by atoms with Crippen molar-refractivity contribution >= 4 is 24.0 Å². The largest absolute Gasteiger partial charge is 0.303 e. The molecule has 7 heteroatoms. The van der Waals surface area contributed by atoms with Gasteiger partial charge in [0.2, 0.25) is 5.91 Å². The number of amides is 3. The molecule has 0 aromatic heterocycles. The molecule has 0 bridgehead atoms. The van der Waals surface area contributed by atoms with E-state index in [2.05, 4.69) is 5.43 Å². The molecule has 1 aromatic rings. The minimum atomic E-state index is -0.896. The standard InChI is InChI=1S/C13H11FN2O4/c14-9-5-3-4-8-11(9)13(20)16(12(8)19)15-10(18)6-1-2-7-17/h3-5,7H,1-2,6H2,(H,15,18). The van der Waals surface area contributed by atoms with Gasteiger partial charge in [-0.15, -0.1) is 0 Å². The van der Waals surface area contributed by atoms with Gasteiger partial charge < -0.3 is 4.79 Å². The summed E-state index contributed by atoms with van der Waals surface area (Å²) in [4.78, 5) is 45.4. The van der Waals surface area contributed by atoms with Crippen LogP contribution in [0.2, 0.25) is 0 Å². The molecule has 0 aliphatic carbocycles. The quantitative estimate of drug-likeness (QED) is 0.491. The number of hydrazine groups is 1. The molecule has 1 aliphatic rings. The highest BCUT2D eigenvalue weighted by Crippen LogP contribution is 2.23. The second kappa shape index (κ2) is 5.60. The molecule has 3 amide bonds. The molecule has 1 aliphatic heterocycles. The molecule has 6 nitrogen and oxygen atoms in total. The highest BCUT2D eigenvalue weighted by Gasteiger charge is 2.38. The third kappa shape index (κ3) is 2.42. The Morgan fingerprint density at radius 3 is 2.70 bits per heavy atom. The molecule has 104 valence electrons. The van der Waals surface area contributed by atoms with Gasteiger partial charge in [0.05, 0.1) is 11.1 Å². The average Bonchev–Trinajstić information content (AvgIpc) is 2.65. The minimum absolute atomic E-state index is 0.00533. The normalized spacial score (nSPS) is 13.3. The maximum atomic E-state index is 13.5. The second-order valence-electron chi connectivity index (χ2n) is 4.20. The lowest BCUT2D eigenvalue weighted by Gasteiger charge is -2.14. The highest BCUT2D eigenvalue weighted by atomic mass is 19.1. The summed E-state index contributed by atoms with van der Waals surface area (Å²) in [5.74, 6) is -3.06. The Kier molecular flexibility index (Phi) is 3.88. The zero-order chi connectivity index (χ0) is 14.7. The van der Waals surface area contributed by atoms with Crippen molar-refractivity contribution in [1.29, 1.82) is 0 Å². The molecule has 0 spiro atoms. The van der Waals surface area contributed by atoms with Gasteiger partial charge in [0.15, 0.2) is 0 Å². The summed E-state index contributed by atoms with van der Waals surface area (Å²) in [6, 6.07) is 3.70. The summed E-state index contributed by atoms with van der Waals surface area (Å²) in [5.41, 5.74) is 1.70. The van der Waals surface area contributed by atoms with Crippen LogP contribution in [0.15, 0.2) is 18.2 Å². The number of imide groups is 1. The van der Waals surface area contributed by atoms with Gasteiger partial charge in [0.25, 0.3) is 11.8 Å². The van der Waals surface area contributed by atoms with E-state index in [4.69, 9.17) is 0 Å². The highest BCUT2D eigenvalue weighted by molar-refractivity contribution is 6.21. The Bertz CT molecular complexity index is 600. The first-order chi connectivity index (χ1) is 9.56. The van der Waals surface area contributed by atoms with Crippen LogP contribution in [0.25, 0.3) is 0 Å². The number of rotatable bonds is 5. The maximum Gasteiger partial charge on any atom is 0.283 e. The van der Waals surface area contributed by atoms with E-state index in [0.717, 1.165) is 6.07 Å². The van der Waals surface area contributed by atoms with Gasteiger partial charge in [-0.1, -0.05) is 6.07 Å². The molecule has 0 atom stereocenters. The van der Waals surface area contributed by atoms with Gasteiger partial charge in [0.1, 0.15) is 12.1 Å². The fourth-order valence-electron chi connectivity index (χ4n) is 1.87. The molecule has 0 unspecified atom stereocenters. The molecule has 1 aromatic carbocycles. The summed E-state index contributed by atoms with van der Waals surface area (Å²) in [6.07, 6.45) is 1.19. The van der Waals surface area contributed by atoms with Crippen LogP contribution in [-0.2, 0) is 9.59 Å². The molecule has 0 radical (unpaired) electrons. The average molecular weight is 278 g/mol. The van der Waals surface area contributed by atoms with E-state index in [9.17, 15) is 23.6 Å². The van der Waals surface area contributed by atoms with E-state index in [-0.39, 0.29) is 24.0 Å². The Hall–Kier alpha value is -2.57. The lowest BCUT2D eigenvalue weighted by molar-refractivity contribution is -0.124. The third-order valence-corrected chi connectivity index (χ3v) is 2.83. The number of halogens is 1. The number of aldehydes is 1. The zero-order valence-corrected chi connectivity index (χ0v) is 10.4. The molecule has 1 N–H and O–H groups in total. The first-order valence-corrected chi connectivity index (χ1v) is 5.96. The Balaban J connectivity index is 2.11. The van der Waals surface area contributed by atoms with Crippen molar-refractivity contribution in [2.45, 2.75) is 19.3 Å². The smallest absolute Gasteiger partial charge is 0.283 e. The topological polar surface area (TPSA) is 83.6 Å². The van der Waals surface area contributed by atoms with Crippen molar-refractivity contribution in [3.05, 3.63) is 35.1 Å². The Morgan fingerprint density at radius 1 is 1.30 bits per heavy atom.